The van der Waals surface area contributed by atoms with Crippen LogP contribution >= 0.6 is 0 Å². The number of aryl methyl sites for hydroxylation is 1. The number of rotatable bonds is 7. The summed E-state index contributed by atoms with van der Waals surface area (Å²) in [4.78, 5) is 13.8. The number of urea groups is 1. The van der Waals surface area contributed by atoms with Gasteiger partial charge in [0, 0.05) is 19.1 Å². The lowest BCUT2D eigenvalue weighted by atomic mass is 10.1. The quantitative estimate of drug-likeness (QED) is 0.811. The van der Waals surface area contributed by atoms with Gasteiger partial charge in [-0.15, -0.1) is 0 Å². The molecule has 1 atom stereocenters. The van der Waals surface area contributed by atoms with Crippen molar-refractivity contribution >= 4 is 6.03 Å². The van der Waals surface area contributed by atoms with Crippen LogP contribution in [0.15, 0.2) is 24.3 Å². The fourth-order valence-corrected chi connectivity index (χ4v) is 2.17. The number of aliphatic hydroxyl groups is 1. The second-order valence-corrected chi connectivity index (χ2v) is 5.75. The van der Waals surface area contributed by atoms with Crippen LogP contribution in [0.5, 0.6) is 0 Å². The van der Waals surface area contributed by atoms with Crippen molar-refractivity contribution in [1.82, 2.24) is 10.2 Å². The first-order chi connectivity index (χ1) is 9.93. The predicted octanol–water partition coefficient (Wildman–Crippen LogP) is 2.59. The van der Waals surface area contributed by atoms with Gasteiger partial charge in [-0.1, -0.05) is 31.2 Å². The van der Waals surface area contributed by atoms with E-state index >= 15 is 0 Å². The summed E-state index contributed by atoms with van der Waals surface area (Å²) in [6.45, 7) is 8.69. The lowest BCUT2D eigenvalue weighted by Crippen LogP contribution is -2.47. The molecular formula is C17H28N2O2. The fraction of sp³-hybridized carbons (Fsp3) is 0.588. The number of carbonyl (C=O) groups is 1. The minimum Gasteiger partial charge on any atom is -0.392 e. The molecule has 0 saturated carbocycles. The van der Waals surface area contributed by atoms with Crippen molar-refractivity contribution < 1.29 is 9.90 Å². The van der Waals surface area contributed by atoms with Gasteiger partial charge in [0.05, 0.1) is 6.10 Å². The topological polar surface area (TPSA) is 52.6 Å². The smallest absolute Gasteiger partial charge is 0.317 e. The van der Waals surface area contributed by atoms with E-state index in [9.17, 15) is 9.90 Å². The molecule has 0 aliphatic carbocycles. The van der Waals surface area contributed by atoms with E-state index in [1.54, 1.807) is 11.8 Å². The average Bonchev–Trinajstić information content (AvgIpc) is 2.45. The lowest BCUT2D eigenvalue weighted by molar-refractivity contribution is 0.119. The van der Waals surface area contributed by atoms with E-state index in [1.807, 2.05) is 13.8 Å². The molecule has 1 aromatic carbocycles. The van der Waals surface area contributed by atoms with E-state index in [0.29, 0.717) is 13.1 Å². The molecule has 0 heterocycles. The van der Waals surface area contributed by atoms with Gasteiger partial charge in [0.2, 0.25) is 0 Å². The third-order valence-electron chi connectivity index (χ3n) is 3.47. The van der Waals surface area contributed by atoms with Gasteiger partial charge in [0.15, 0.2) is 0 Å². The van der Waals surface area contributed by atoms with Crippen molar-refractivity contribution in [2.24, 2.45) is 0 Å². The summed E-state index contributed by atoms with van der Waals surface area (Å²) in [5, 5.41) is 12.4. The standard InChI is InChI=1S/C17H28N2O2/c1-5-15-6-8-16(9-7-15)10-11-18-17(21)19(13(2)3)12-14(4)20/h6-9,13-14,20H,5,10-12H2,1-4H3,(H,18,21). The van der Waals surface area contributed by atoms with Crippen molar-refractivity contribution in [2.75, 3.05) is 13.1 Å². The molecule has 0 aromatic heterocycles. The molecule has 0 radical (unpaired) electrons. The van der Waals surface area contributed by atoms with Gasteiger partial charge >= 0.3 is 6.03 Å². The van der Waals surface area contributed by atoms with E-state index in [0.717, 1.165) is 12.8 Å². The zero-order valence-corrected chi connectivity index (χ0v) is 13.6. The van der Waals surface area contributed by atoms with Crippen LogP contribution in [0, 0.1) is 0 Å². The largest absolute Gasteiger partial charge is 0.392 e. The normalized spacial score (nSPS) is 12.3. The minimum absolute atomic E-state index is 0.0726. The maximum Gasteiger partial charge on any atom is 0.317 e. The highest BCUT2D eigenvalue weighted by atomic mass is 16.3. The van der Waals surface area contributed by atoms with Crippen molar-refractivity contribution in [2.45, 2.75) is 52.7 Å². The molecule has 21 heavy (non-hydrogen) atoms. The lowest BCUT2D eigenvalue weighted by Gasteiger charge is -2.28. The zero-order chi connectivity index (χ0) is 15.8. The summed E-state index contributed by atoms with van der Waals surface area (Å²) >= 11 is 0. The third kappa shape index (κ3) is 6.17. The van der Waals surface area contributed by atoms with Crippen molar-refractivity contribution in [1.29, 1.82) is 0 Å². The van der Waals surface area contributed by atoms with Gasteiger partial charge in [-0.25, -0.2) is 4.79 Å². The molecule has 0 spiro atoms. The van der Waals surface area contributed by atoms with Gasteiger partial charge in [0.1, 0.15) is 0 Å². The van der Waals surface area contributed by atoms with Crippen LogP contribution in [-0.2, 0) is 12.8 Å². The maximum atomic E-state index is 12.1. The Morgan fingerprint density at radius 3 is 2.24 bits per heavy atom. The highest BCUT2D eigenvalue weighted by Crippen LogP contribution is 2.06. The maximum absolute atomic E-state index is 12.1. The minimum atomic E-state index is -0.514. The summed E-state index contributed by atoms with van der Waals surface area (Å²) < 4.78 is 0. The SMILES string of the molecule is CCc1ccc(CCNC(=O)N(CC(C)O)C(C)C)cc1. The summed E-state index contributed by atoms with van der Waals surface area (Å²) in [6.07, 6.45) is 1.34. The Morgan fingerprint density at radius 2 is 1.76 bits per heavy atom. The van der Waals surface area contributed by atoms with Gasteiger partial charge < -0.3 is 15.3 Å². The highest BCUT2D eigenvalue weighted by Gasteiger charge is 2.17. The number of carbonyl (C=O) groups excluding carboxylic acids is 1. The van der Waals surface area contributed by atoms with E-state index in [2.05, 4.69) is 36.5 Å². The van der Waals surface area contributed by atoms with Crippen LogP contribution in [0.1, 0.15) is 38.8 Å². The summed E-state index contributed by atoms with van der Waals surface area (Å²) in [5.41, 5.74) is 2.55. The summed E-state index contributed by atoms with van der Waals surface area (Å²) in [5.74, 6) is 0. The van der Waals surface area contributed by atoms with Gasteiger partial charge in [0.25, 0.3) is 0 Å². The molecule has 0 aliphatic heterocycles. The second-order valence-electron chi connectivity index (χ2n) is 5.75. The van der Waals surface area contributed by atoms with Crippen LogP contribution in [0.25, 0.3) is 0 Å². The number of hydrogen-bond donors (Lipinski definition) is 2. The number of aliphatic hydroxyl groups excluding tert-OH is 1. The van der Waals surface area contributed by atoms with Gasteiger partial charge in [-0.2, -0.15) is 0 Å². The van der Waals surface area contributed by atoms with Gasteiger partial charge in [-0.3, -0.25) is 0 Å². The van der Waals surface area contributed by atoms with Crippen molar-refractivity contribution in [3.05, 3.63) is 35.4 Å². The molecule has 2 N–H and O–H groups in total. The third-order valence-corrected chi connectivity index (χ3v) is 3.47. The van der Waals surface area contributed by atoms with Crippen LogP contribution < -0.4 is 5.32 Å². The van der Waals surface area contributed by atoms with Crippen LogP contribution in [0.4, 0.5) is 4.79 Å². The van der Waals surface area contributed by atoms with Crippen molar-refractivity contribution in [3.63, 3.8) is 0 Å². The van der Waals surface area contributed by atoms with E-state index in [4.69, 9.17) is 0 Å². The van der Waals surface area contributed by atoms with Crippen LogP contribution in [-0.4, -0.2) is 41.3 Å². The highest BCUT2D eigenvalue weighted by molar-refractivity contribution is 5.74. The van der Waals surface area contributed by atoms with E-state index in [-0.39, 0.29) is 12.1 Å². The first-order valence-electron chi connectivity index (χ1n) is 7.74. The molecule has 1 aromatic rings. The molecular weight excluding hydrogens is 264 g/mol. The molecule has 1 rings (SSSR count). The Labute approximate surface area is 128 Å². The number of benzene rings is 1. The second kappa shape index (κ2) is 8.67. The van der Waals surface area contributed by atoms with Crippen molar-refractivity contribution in [3.8, 4) is 0 Å². The molecule has 0 saturated heterocycles. The number of nitrogens with one attached hydrogen (secondary N) is 1. The Balaban J connectivity index is 2.43. The Morgan fingerprint density at radius 1 is 1.19 bits per heavy atom. The van der Waals surface area contributed by atoms with Crippen LogP contribution in [0.2, 0.25) is 0 Å². The monoisotopic (exact) mass is 292 g/mol. The number of hydrogen-bond acceptors (Lipinski definition) is 2. The molecule has 0 bridgehead atoms. The predicted molar refractivity (Wildman–Crippen MR) is 86.4 cm³/mol. The summed E-state index contributed by atoms with van der Waals surface area (Å²) in [6, 6.07) is 8.44. The summed E-state index contributed by atoms with van der Waals surface area (Å²) in [7, 11) is 0. The zero-order valence-electron chi connectivity index (χ0n) is 13.6. The Hall–Kier alpha value is -1.55. The molecule has 4 heteroatoms. The molecule has 0 aliphatic rings. The van der Waals surface area contributed by atoms with E-state index in [1.165, 1.54) is 11.1 Å². The molecule has 0 fully saturated rings. The van der Waals surface area contributed by atoms with Gasteiger partial charge in [-0.05, 0) is 44.7 Å². The molecule has 2 amide bonds. The average molecular weight is 292 g/mol. The number of amides is 2. The first kappa shape index (κ1) is 17.5. The van der Waals surface area contributed by atoms with E-state index < -0.39 is 6.10 Å². The Bertz CT molecular complexity index is 427. The molecule has 4 nitrogen and oxygen atoms in total. The van der Waals surface area contributed by atoms with Crippen LogP contribution in [0.3, 0.4) is 0 Å². The molecule has 118 valence electrons. The molecule has 1 unspecified atom stereocenters. The Kier molecular flexibility index (Phi) is 7.23. The first-order valence-corrected chi connectivity index (χ1v) is 7.74. The number of nitrogens with zero attached hydrogens (tertiary/aromatic N) is 1. The fourth-order valence-electron chi connectivity index (χ4n) is 2.17.